The SMILES string of the molecule is CC1CCC(C(C)C)C(NCCSCCCO)C1. The molecule has 3 atom stereocenters. The zero-order chi connectivity index (χ0) is 13.4. The lowest BCUT2D eigenvalue weighted by molar-refractivity contribution is 0.172. The molecule has 0 aromatic carbocycles. The molecular weight excluding hydrogens is 242 g/mol. The Hall–Kier alpha value is 0.270. The third-order valence-corrected chi connectivity index (χ3v) is 5.19. The smallest absolute Gasteiger partial charge is 0.0438 e. The normalized spacial score (nSPS) is 28.8. The molecule has 0 saturated heterocycles. The fourth-order valence-corrected chi connectivity index (χ4v) is 3.82. The van der Waals surface area contributed by atoms with Crippen LogP contribution in [0.15, 0.2) is 0 Å². The van der Waals surface area contributed by atoms with E-state index in [4.69, 9.17) is 5.11 Å². The van der Waals surface area contributed by atoms with E-state index in [0.717, 1.165) is 42.5 Å². The van der Waals surface area contributed by atoms with Crippen LogP contribution in [0.2, 0.25) is 0 Å². The van der Waals surface area contributed by atoms with E-state index in [0.29, 0.717) is 6.61 Å². The minimum Gasteiger partial charge on any atom is -0.396 e. The van der Waals surface area contributed by atoms with Gasteiger partial charge in [0.25, 0.3) is 0 Å². The van der Waals surface area contributed by atoms with Crippen molar-refractivity contribution in [3.63, 3.8) is 0 Å². The van der Waals surface area contributed by atoms with E-state index in [1.807, 2.05) is 11.8 Å². The van der Waals surface area contributed by atoms with Gasteiger partial charge < -0.3 is 10.4 Å². The van der Waals surface area contributed by atoms with E-state index in [2.05, 4.69) is 26.1 Å². The summed E-state index contributed by atoms with van der Waals surface area (Å²) in [6.45, 7) is 8.57. The number of rotatable bonds is 8. The van der Waals surface area contributed by atoms with Gasteiger partial charge in [0.05, 0.1) is 0 Å². The summed E-state index contributed by atoms with van der Waals surface area (Å²) in [6.07, 6.45) is 5.09. The first-order chi connectivity index (χ1) is 8.65. The zero-order valence-electron chi connectivity index (χ0n) is 12.3. The molecule has 0 amide bonds. The predicted molar refractivity (Wildman–Crippen MR) is 82.2 cm³/mol. The third kappa shape index (κ3) is 5.94. The van der Waals surface area contributed by atoms with Crippen molar-refractivity contribution in [2.45, 2.75) is 52.5 Å². The average molecular weight is 273 g/mol. The van der Waals surface area contributed by atoms with Gasteiger partial charge in [-0.3, -0.25) is 0 Å². The summed E-state index contributed by atoms with van der Waals surface area (Å²) in [7, 11) is 0. The molecule has 0 aromatic heterocycles. The van der Waals surface area contributed by atoms with Crippen molar-refractivity contribution in [1.82, 2.24) is 5.32 Å². The minimum absolute atomic E-state index is 0.329. The van der Waals surface area contributed by atoms with Crippen molar-refractivity contribution >= 4 is 11.8 Å². The highest BCUT2D eigenvalue weighted by atomic mass is 32.2. The van der Waals surface area contributed by atoms with E-state index in [1.165, 1.54) is 25.0 Å². The van der Waals surface area contributed by atoms with Crippen molar-refractivity contribution in [3.8, 4) is 0 Å². The minimum atomic E-state index is 0.329. The largest absolute Gasteiger partial charge is 0.396 e. The summed E-state index contributed by atoms with van der Waals surface area (Å²) in [5, 5.41) is 12.5. The molecule has 0 aromatic rings. The Morgan fingerprint density at radius 1 is 1.28 bits per heavy atom. The van der Waals surface area contributed by atoms with Crippen LogP contribution in [-0.2, 0) is 0 Å². The second-order valence-corrected chi connectivity index (χ2v) is 7.30. The molecule has 0 radical (unpaired) electrons. The number of hydrogen-bond acceptors (Lipinski definition) is 3. The highest BCUT2D eigenvalue weighted by Crippen LogP contribution is 2.33. The maximum Gasteiger partial charge on any atom is 0.0438 e. The van der Waals surface area contributed by atoms with E-state index in [1.54, 1.807) is 0 Å². The molecule has 2 nitrogen and oxygen atoms in total. The second kappa shape index (κ2) is 9.22. The number of nitrogens with one attached hydrogen (secondary N) is 1. The second-order valence-electron chi connectivity index (χ2n) is 6.08. The molecule has 1 rings (SSSR count). The van der Waals surface area contributed by atoms with Gasteiger partial charge in [0.1, 0.15) is 0 Å². The topological polar surface area (TPSA) is 32.3 Å². The van der Waals surface area contributed by atoms with Crippen LogP contribution in [0.25, 0.3) is 0 Å². The molecule has 108 valence electrons. The first kappa shape index (κ1) is 16.3. The molecule has 0 bridgehead atoms. The van der Waals surface area contributed by atoms with Crippen LogP contribution in [0.1, 0.15) is 46.5 Å². The van der Waals surface area contributed by atoms with Crippen LogP contribution in [-0.4, -0.2) is 35.8 Å². The summed E-state index contributed by atoms with van der Waals surface area (Å²) in [4.78, 5) is 0. The molecule has 2 N–H and O–H groups in total. The van der Waals surface area contributed by atoms with E-state index in [9.17, 15) is 0 Å². The first-order valence-electron chi connectivity index (χ1n) is 7.57. The van der Waals surface area contributed by atoms with Gasteiger partial charge in [-0.05, 0) is 42.8 Å². The predicted octanol–water partition coefficient (Wildman–Crippen LogP) is 3.15. The summed E-state index contributed by atoms with van der Waals surface area (Å²) < 4.78 is 0. The van der Waals surface area contributed by atoms with Crippen molar-refractivity contribution in [2.24, 2.45) is 17.8 Å². The van der Waals surface area contributed by atoms with Crippen molar-refractivity contribution in [1.29, 1.82) is 0 Å². The van der Waals surface area contributed by atoms with Crippen molar-refractivity contribution in [2.75, 3.05) is 24.7 Å². The Bertz CT molecular complexity index is 211. The van der Waals surface area contributed by atoms with Gasteiger partial charge in [-0.25, -0.2) is 0 Å². The molecule has 3 heteroatoms. The monoisotopic (exact) mass is 273 g/mol. The van der Waals surface area contributed by atoms with E-state index in [-0.39, 0.29) is 0 Å². The Morgan fingerprint density at radius 2 is 2.06 bits per heavy atom. The van der Waals surface area contributed by atoms with E-state index >= 15 is 0 Å². The maximum absolute atomic E-state index is 8.72. The molecule has 1 fully saturated rings. The van der Waals surface area contributed by atoms with Gasteiger partial charge in [-0.1, -0.05) is 27.2 Å². The fourth-order valence-electron chi connectivity index (χ4n) is 3.02. The molecule has 3 unspecified atom stereocenters. The van der Waals surface area contributed by atoms with Crippen LogP contribution in [0, 0.1) is 17.8 Å². The standard InChI is InChI=1S/C15H31NOS/c1-12(2)14-6-5-13(3)11-15(14)16-7-10-18-9-4-8-17/h12-17H,4-11H2,1-3H3. The van der Waals surface area contributed by atoms with Gasteiger partial charge >= 0.3 is 0 Å². The lowest BCUT2D eigenvalue weighted by atomic mass is 9.74. The summed E-state index contributed by atoms with van der Waals surface area (Å²) >= 11 is 1.95. The molecule has 18 heavy (non-hydrogen) atoms. The summed E-state index contributed by atoms with van der Waals surface area (Å²) in [5.41, 5.74) is 0. The Labute approximate surface area is 117 Å². The van der Waals surface area contributed by atoms with Crippen molar-refractivity contribution < 1.29 is 5.11 Å². The van der Waals surface area contributed by atoms with Crippen molar-refractivity contribution in [3.05, 3.63) is 0 Å². The number of aliphatic hydroxyl groups is 1. The maximum atomic E-state index is 8.72. The molecule has 0 spiro atoms. The molecule has 1 aliphatic carbocycles. The average Bonchev–Trinajstić information content (AvgIpc) is 2.33. The Balaban J connectivity index is 2.20. The summed E-state index contributed by atoms with van der Waals surface area (Å²) in [5.74, 6) is 4.82. The van der Waals surface area contributed by atoms with Gasteiger partial charge in [-0.15, -0.1) is 0 Å². The van der Waals surface area contributed by atoms with Gasteiger partial charge in [0.2, 0.25) is 0 Å². The summed E-state index contributed by atoms with van der Waals surface area (Å²) in [6, 6.07) is 0.729. The molecule has 1 saturated carbocycles. The highest BCUT2D eigenvalue weighted by Gasteiger charge is 2.29. The Morgan fingerprint density at radius 3 is 2.72 bits per heavy atom. The van der Waals surface area contributed by atoms with E-state index < -0.39 is 0 Å². The quantitative estimate of drug-likeness (QED) is 0.666. The molecular formula is C15H31NOS. The first-order valence-corrected chi connectivity index (χ1v) is 8.72. The highest BCUT2D eigenvalue weighted by molar-refractivity contribution is 7.99. The molecule has 0 heterocycles. The molecule has 1 aliphatic rings. The fraction of sp³-hybridized carbons (Fsp3) is 1.00. The van der Waals surface area contributed by atoms with Crippen LogP contribution >= 0.6 is 11.8 Å². The molecule has 0 aliphatic heterocycles. The van der Waals surface area contributed by atoms with Crippen LogP contribution in [0.4, 0.5) is 0 Å². The van der Waals surface area contributed by atoms with Crippen LogP contribution in [0.5, 0.6) is 0 Å². The van der Waals surface area contributed by atoms with Crippen LogP contribution < -0.4 is 5.32 Å². The third-order valence-electron chi connectivity index (χ3n) is 4.12. The lowest BCUT2D eigenvalue weighted by Gasteiger charge is -2.38. The number of hydrogen-bond donors (Lipinski definition) is 2. The number of thioether (sulfide) groups is 1. The van der Waals surface area contributed by atoms with Gasteiger partial charge in [-0.2, -0.15) is 11.8 Å². The Kier molecular flexibility index (Phi) is 8.36. The van der Waals surface area contributed by atoms with Gasteiger partial charge in [0.15, 0.2) is 0 Å². The number of aliphatic hydroxyl groups excluding tert-OH is 1. The zero-order valence-corrected chi connectivity index (χ0v) is 13.1. The lowest BCUT2D eigenvalue weighted by Crippen LogP contribution is -2.43. The van der Waals surface area contributed by atoms with Gasteiger partial charge in [0, 0.05) is 24.9 Å². The van der Waals surface area contributed by atoms with Crippen LogP contribution in [0.3, 0.4) is 0 Å².